The van der Waals surface area contributed by atoms with Gasteiger partial charge in [0.2, 0.25) is 5.91 Å². The van der Waals surface area contributed by atoms with Gasteiger partial charge in [-0.3, -0.25) is 14.3 Å². The van der Waals surface area contributed by atoms with Crippen LogP contribution in [0.2, 0.25) is 0 Å². The molecule has 1 aliphatic heterocycles. The molecule has 6 nitrogen and oxygen atoms in total. The van der Waals surface area contributed by atoms with E-state index in [0.29, 0.717) is 5.56 Å². The topological polar surface area (TPSA) is 67.2 Å². The number of thiophene rings is 1. The van der Waals surface area contributed by atoms with Gasteiger partial charge in [0.25, 0.3) is 5.91 Å². The molecule has 2 aliphatic rings. The molecule has 7 heteroatoms. The number of carbonyl (C=O) groups excluding carboxylic acids is 2. The Balaban J connectivity index is 1.27. The van der Waals surface area contributed by atoms with Crippen LogP contribution in [0, 0.1) is 5.41 Å². The molecule has 0 radical (unpaired) electrons. The maximum Gasteiger partial charge on any atom is 0.254 e. The number of hydrogen-bond donors (Lipinski definition) is 1. The van der Waals surface area contributed by atoms with Gasteiger partial charge >= 0.3 is 0 Å². The van der Waals surface area contributed by atoms with Crippen molar-refractivity contribution in [2.24, 2.45) is 12.5 Å². The molecule has 1 saturated carbocycles. The molecule has 2 aromatic heterocycles. The number of nitrogens with zero attached hydrogens (tertiary/aromatic N) is 3. The Labute approximate surface area is 156 Å². The largest absolute Gasteiger partial charge is 0.349 e. The summed E-state index contributed by atoms with van der Waals surface area (Å²) in [6.45, 7) is 1.59. The molecule has 4 rings (SSSR count). The second-order valence-electron chi connectivity index (χ2n) is 7.34. The van der Waals surface area contributed by atoms with Crippen molar-refractivity contribution in [3.05, 3.63) is 46.4 Å². The first-order valence-corrected chi connectivity index (χ1v) is 9.71. The van der Waals surface area contributed by atoms with Crippen LogP contribution in [0.5, 0.6) is 0 Å². The smallest absolute Gasteiger partial charge is 0.254 e. The van der Waals surface area contributed by atoms with Crippen molar-refractivity contribution in [3.8, 4) is 0 Å². The Kier molecular flexibility index (Phi) is 4.40. The van der Waals surface area contributed by atoms with Crippen LogP contribution in [0.4, 0.5) is 0 Å². The minimum Gasteiger partial charge on any atom is -0.349 e. The third-order valence-corrected chi connectivity index (χ3v) is 6.18. The Bertz CT molecular complexity index is 834. The van der Waals surface area contributed by atoms with E-state index in [-0.39, 0.29) is 23.3 Å². The molecule has 0 bridgehead atoms. The van der Waals surface area contributed by atoms with Crippen LogP contribution in [0.1, 0.15) is 34.5 Å². The highest BCUT2D eigenvalue weighted by Crippen LogP contribution is 2.48. The number of rotatable bonds is 4. The van der Waals surface area contributed by atoms with Gasteiger partial charge in [-0.2, -0.15) is 5.10 Å². The van der Waals surface area contributed by atoms with Gasteiger partial charge in [-0.15, -0.1) is 11.3 Å². The third kappa shape index (κ3) is 3.44. The fourth-order valence-electron chi connectivity index (χ4n) is 4.00. The average molecular weight is 370 g/mol. The first kappa shape index (κ1) is 17.0. The third-order valence-electron chi connectivity index (χ3n) is 5.34. The number of amides is 2. The van der Waals surface area contributed by atoms with Gasteiger partial charge in [-0.05, 0) is 42.2 Å². The number of likely N-dealkylation sites (tertiary alicyclic amines) is 1. The van der Waals surface area contributed by atoms with Crippen molar-refractivity contribution >= 4 is 29.2 Å². The number of aryl methyl sites for hydroxylation is 1. The highest BCUT2D eigenvalue weighted by Gasteiger charge is 2.49. The minimum atomic E-state index is -0.0669. The van der Waals surface area contributed by atoms with Crippen LogP contribution in [0.25, 0.3) is 6.08 Å². The van der Waals surface area contributed by atoms with E-state index in [1.807, 2.05) is 28.5 Å². The number of aromatic nitrogens is 2. The minimum absolute atomic E-state index is 0.0669. The van der Waals surface area contributed by atoms with E-state index in [0.717, 1.165) is 37.2 Å². The summed E-state index contributed by atoms with van der Waals surface area (Å²) < 4.78 is 1.63. The second-order valence-corrected chi connectivity index (χ2v) is 8.32. The first-order chi connectivity index (χ1) is 12.5. The SMILES string of the molecule is Cn1cc(C(=O)NC2CC3(CCN(C(=O)/C=C/c4cccs4)C3)C2)cn1. The van der Waals surface area contributed by atoms with E-state index in [2.05, 4.69) is 10.4 Å². The molecule has 0 unspecified atom stereocenters. The quantitative estimate of drug-likeness (QED) is 0.840. The summed E-state index contributed by atoms with van der Waals surface area (Å²) in [6.07, 6.45) is 9.76. The van der Waals surface area contributed by atoms with E-state index >= 15 is 0 Å². The number of hydrogen-bond acceptors (Lipinski definition) is 4. The molecule has 1 N–H and O–H groups in total. The molecule has 1 spiro atoms. The fourth-order valence-corrected chi connectivity index (χ4v) is 4.61. The zero-order chi connectivity index (χ0) is 18.1. The van der Waals surface area contributed by atoms with Gasteiger partial charge in [-0.25, -0.2) is 0 Å². The van der Waals surface area contributed by atoms with E-state index in [9.17, 15) is 9.59 Å². The summed E-state index contributed by atoms with van der Waals surface area (Å²) in [5.41, 5.74) is 0.773. The van der Waals surface area contributed by atoms with Crippen LogP contribution < -0.4 is 5.32 Å². The highest BCUT2D eigenvalue weighted by atomic mass is 32.1. The standard InChI is InChI=1S/C19H22N4O2S/c1-22-12-14(11-20-22)18(25)21-15-9-19(10-15)6-7-23(13-19)17(24)5-4-16-3-2-8-26-16/h2-5,8,11-12,15H,6-7,9-10,13H2,1H3,(H,21,25)/b5-4+. The lowest BCUT2D eigenvalue weighted by Gasteiger charge is -2.45. The Morgan fingerprint density at radius 3 is 2.96 bits per heavy atom. The Hall–Kier alpha value is -2.41. The molecule has 136 valence electrons. The molecule has 1 saturated heterocycles. The summed E-state index contributed by atoms with van der Waals surface area (Å²) in [5, 5.41) is 9.11. The average Bonchev–Trinajstić information content (AvgIpc) is 3.32. The van der Waals surface area contributed by atoms with Gasteiger partial charge < -0.3 is 10.2 Å². The summed E-state index contributed by atoms with van der Waals surface area (Å²) in [4.78, 5) is 27.6. The first-order valence-electron chi connectivity index (χ1n) is 8.83. The summed E-state index contributed by atoms with van der Waals surface area (Å²) in [6, 6.07) is 4.18. The zero-order valence-electron chi connectivity index (χ0n) is 14.7. The molecule has 1 aliphatic carbocycles. The molecule has 0 aromatic carbocycles. The molecule has 2 fully saturated rings. The van der Waals surface area contributed by atoms with E-state index in [1.54, 1.807) is 41.5 Å². The van der Waals surface area contributed by atoms with E-state index < -0.39 is 0 Å². The molecular formula is C19H22N4O2S. The van der Waals surface area contributed by atoms with Crippen molar-refractivity contribution in [1.29, 1.82) is 0 Å². The normalized spacial score (nSPS) is 25.0. The maximum atomic E-state index is 12.4. The highest BCUT2D eigenvalue weighted by molar-refractivity contribution is 7.10. The van der Waals surface area contributed by atoms with Crippen LogP contribution in [-0.4, -0.2) is 45.6 Å². The van der Waals surface area contributed by atoms with Crippen molar-refractivity contribution < 1.29 is 9.59 Å². The van der Waals surface area contributed by atoms with E-state index in [1.165, 1.54) is 0 Å². The summed E-state index contributed by atoms with van der Waals surface area (Å²) in [7, 11) is 1.80. The van der Waals surface area contributed by atoms with Gasteiger partial charge in [0, 0.05) is 43.3 Å². The fraction of sp³-hybridized carbons (Fsp3) is 0.421. The zero-order valence-corrected chi connectivity index (χ0v) is 15.5. The second kappa shape index (κ2) is 6.72. The maximum absolute atomic E-state index is 12.4. The van der Waals surface area contributed by atoms with Gasteiger partial charge in [-0.1, -0.05) is 6.07 Å². The lowest BCUT2D eigenvalue weighted by molar-refractivity contribution is -0.125. The van der Waals surface area contributed by atoms with Crippen LogP contribution >= 0.6 is 11.3 Å². The van der Waals surface area contributed by atoms with Crippen molar-refractivity contribution in [3.63, 3.8) is 0 Å². The van der Waals surface area contributed by atoms with Crippen LogP contribution in [-0.2, 0) is 11.8 Å². The number of nitrogens with one attached hydrogen (secondary N) is 1. The predicted molar refractivity (Wildman–Crippen MR) is 101 cm³/mol. The van der Waals surface area contributed by atoms with E-state index in [4.69, 9.17) is 0 Å². The van der Waals surface area contributed by atoms with Gasteiger partial charge in [0.1, 0.15) is 0 Å². The summed E-state index contributed by atoms with van der Waals surface area (Å²) in [5.74, 6) is 0.0147. The predicted octanol–water partition coefficient (Wildman–Crippen LogP) is 2.31. The van der Waals surface area contributed by atoms with Crippen molar-refractivity contribution in [2.45, 2.75) is 25.3 Å². The molecular weight excluding hydrogens is 348 g/mol. The molecule has 2 amide bonds. The lowest BCUT2D eigenvalue weighted by Crippen LogP contribution is -2.52. The summed E-state index contributed by atoms with van der Waals surface area (Å²) >= 11 is 1.62. The van der Waals surface area contributed by atoms with Crippen LogP contribution in [0.3, 0.4) is 0 Å². The van der Waals surface area contributed by atoms with Crippen molar-refractivity contribution in [1.82, 2.24) is 20.0 Å². The Morgan fingerprint density at radius 1 is 1.42 bits per heavy atom. The Morgan fingerprint density at radius 2 is 2.27 bits per heavy atom. The molecule has 26 heavy (non-hydrogen) atoms. The monoisotopic (exact) mass is 370 g/mol. The van der Waals surface area contributed by atoms with Gasteiger partial charge in [0.15, 0.2) is 0 Å². The number of carbonyl (C=O) groups is 2. The molecule has 0 atom stereocenters. The molecule has 3 heterocycles. The van der Waals surface area contributed by atoms with Crippen LogP contribution in [0.15, 0.2) is 36.0 Å². The van der Waals surface area contributed by atoms with Gasteiger partial charge in [0.05, 0.1) is 11.8 Å². The molecule has 2 aromatic rings. The van der Waals surface area contributed by atoms with Crippen molar-refractivity contribution in [2.75, 3.05) is 13.1 Å². The lowest BCUT2D eigenvalue weighted by atomic mass is 9.65.